The van der Waals surface area contributed by atoms with E-state index in [4.69, 9.17) is 4.52 Å². The predicted molar refractivity (Wildman–Crippen MR) is 106 cm³/mol. The van der Waals surface area contributed by atoms with Crippen LogP contribution in [0.3, 0.4) is 0 Å². The van der Waals surface area contributed by atoms with Crippen LogP contribution in [-0.2, 0) is 4.79 Å². The molecule has 1 aliphatic heterocycles. The summed E-state index contributed by atoms with van der Waals surface area (Å²) in [4.78, 5) is 24.9. The van der Waals surface area contributed by atoms with E-state index in [1.165, 1.54) is 12.3 Å². The summed E-state index contributed by atoms with van der Waals surface area (Å²) in [5.41, 5.74) is 2.75. The highest BCUT2D eigenvalue weighted by Crippen LogP contribution is 2.37. The first-order valence-electron chi connectivity index (χ1n) is 7.75. The highest BCUT2D eigenvalue weighted by atomic mass is 79.9. The van der Waals surface area contributed by atoms with Crippen molar-refractivity contribution in [2.24, 2.45) is 0 Å². The molecule has 0 atom stereocenters. The van der Waals surface area contributed by atoms with E-state index in [-0.39, 0.29) is 23.2 Å². The van der Waals surface area contributed by atoms with Crippen molar-refractivity contribution >= 4 is 60.9 Å². The second-order valence-corrected chi connectivity index (χ2v) is 7.52. The molecule has 0 radical (unpaired) electrons. The van der Waals surface area contributed by atoms with Crippen LogP contribution in [0.25, 0.3) is 11.6 Å². The van der Waals surface area contributed by atoms with Gasteiger partial charge in [0.25, 0.3) is 5.91 Å². The number of fused-ring (bicyclic) bond motifs is 1. The number of phenols is 1. The molecule has 1 amide bonds. The van der Waals surface area contributed by atoms with Gasteiger partial charge in [0.1, 0.15) is 5.75 Å². The molecule has 2 aromatic carbocycles. The number of nitrogens with zero attached hydrogens (tertiary/aromatic N) is 1. The fourth-order valence-corrected chi connectivity index (χ4v) is 4.00. The number of hydrogen-bond donors (Lipinski definition) is 2. The van der Waals surface area contributed by atoms with E-state index < -0.39 is 0 Å². The second kappa shape index (κ2) is 6.79. The van der Waals surface area contributed by atoms with E-state index in [0.717, 1.165) is 0 Å². The van der Waals surface area contributed by atoms with Crippen molar-refractivity contribution in [1.29, 1.82) is 0 Å². The first kappa shape index (κ1) is 17.7. The lowest BCUT2D eigenvalue weighted by Gasteiger charge is -2.05. The third kappa shape index (κ3) is 3.22. The molecular weight excluding hydrogens is 480 g/mol. The van der Waals surface area contributed by atoms with Gasteiger partial charge in [0, 0.05) is 28.5 Å². The zero-order valence-corrected chi connectivity index (χ0v) is 16.7. The van der Waals surface area contributed by atoms with Crippen LogP contribution >= 0.6 is 31.9 Å². The minimum atomic E-state index is -0.316. The van der Waals surface area contributed by atoms with Gasteiger partial charge in [0.2, 0.25) is 11.5 Å². The molecule has 3 aromatic rings. The maximum atomic E-state index is 12.5. The van der Waals surface area contributed by atoms with Crippen LogP contribution in [-0.4, -0.2) is 22.0 Å². The average Bonchev–Trinajstić information content (AvgIpc) is 3.27. The fourth-order valence-electron chi connectivity index (χ4n) is 2.78. The molecule has 0 spiro atoms. The molecule has 2 N–H and O–H groups in total. The monoisotopic (exact) mass is 488 g/mol. The molecule has 2 heterocycles. The number of ketones is 1. The second-order valence-electron chi connectivity index (χ2n) is 5.81. The van der Waals surface area contributed by atoms with Gasteiger partial charge < -0.3 is 14.9 Å². The van der Waals surface area contributed by atoms with E-state index >= 15 is 0 Å². The highest BCUT2D eigenvalue weighted by Gasteiger charge is 2.26. The normalized spacial score (nSPS) is 14.3. The number of carbonyl (C=O) groups excluding carboxylic acids is 2. The van der Waals surface area contributed by atoms with Crippen molar-refractivity contribution in [2.45, 2.75) is 0 Å². The van der Waals surface area contributed by atoms with Crippen LogP contribution in [0.1, 0.15) is 27.2 Å². The van der Waals surface area contributed by atoms with E-state index in [2.05, 4.69) is 42.3 Å². The Labute approximate surface area is 170 Å². The third-order valence-electron chi connectivity index (χ3n) is 4.08. The molecule has 0 saturated heterocycles. The molecule has 134 valence electrons. The molecule has 0 unspecified atom stereocenters. The van der Waals surface area contributed by atoms with Gasteiger partial charge in [-0.25, -0.2) is 0 Å². The Morgan fingerprint density at radius 1 is 1.15 bits per heavy atom. The lowest BCUT2D eigenvalue weighted by molar-refractivity contribution is -0.110. The first-order chi connectivity index (χ1) is 12.9. The summed E-state index contributed by atoms with van der Waals surface area (Å²) in [7, 11) is 0. The molecular formula is C19H10Br2N2O4. The molecule has 0 aliphatic carbocycles. The Hall–Kier alpha value is -2.71. The number of benzene rings is 2. The van der Waals surface area contributed by atoms with Crippen molar-refractivity contribution in [3.8, 4) is 5.75 Å². The first-order valence-corrected chi connectivity index (χ1v) is 9.33. The SMILES string of the molecule is O=C1Nc2ccc(C(=O)c3ccno3)cc2/C1=C/c1cc(Br)c(O)c(Br)c1. The summed E-state index contributed by atoms with van der Waals surface area (Å²) >= 11 is 6.55. The number of aromatic nitrogens is 1. The topological polar surface area (TPSA) is 92.4 Å². The van der Waals surface area contributed by atoms with Crippen molar-refractivity contribution in [2.75, 3.05) is 5.32 Å². The highest BCUT2D eigenvalue weighted by molar-refractivity contribution is 9.11. The van der Waals surface area contributed by atoms with Crippen LogP contribution in [0.4, 0.5) is 5.69 Å². The summed E-state index contributed by atoms with van der Waals surface area (Å²) in [5, 5.41) is 16.2. The zero-order valence-electron chi connectivity index (χ0n) is 13.5. The molecule has 0 fully saturated rings. The maximum absolute atomic E-state index is 12.5. The minimum absolute atomic E-state index is 0.0772. The average molecular weight is 490 g/mol. The number of halogens is 2. The van der Waals surface area contributed by atoms with Crippen molar-refractivity contribution in [1.82, 2.24) is 5.16 Å². The Balaban J connectivity index is 1.78. The largest absolute Gasteiger partial charge is 0.506 e. The quantitative estimate of drug-likeness (QED) is 0.413. The molecule has 0 bridgehead atoms. The van der Waals surface area contributed by atoms with Crippen molar-refractivity contribution in [3.05, 3.63) is 74.0 Å². The number of phenolic OH excluding ortho intramolecular Hbond substituents is 1. The van der Waals surface area contributed by atoms with Crippen LogP contribution in [0, 0.1) is 0 Å². The van der Waals surface area contributed by atoms with Crippen LogP contribution in [0.5, 0.6) is 5.75 Å². The van der Waals surface area contributed by atoms with Crippen LogP contribution in [0.15, 0.2) is 56.1 Å². The lowest BCUT2D eigenvalue weighted by atomic mass is 9.99. The molecule has 0 saturated carbocycles. The Kier molecular flexibility index (Phi) is 4.45. The van der Waals surface area contributed by atoms with Gasteiger partial charge >= 0.3 is 0 Å². The van der Waals surface area contributed by atoms with Gasteiger partial charge in [0.15, 0.2) is 0 Å². The number of anilines is 1. The van der Waals surface area contributed by atoms with Gasteiger partial charge in [-0.3, -0.25) is 9.59 Å². The molecule has 1 aromatic heterocycles. The fraction of sp³-hybridized carbons (Fsp3) is 0. The number of carbonyl (C=O) groups is 2. The predicted octanol–water partition coefficient (Wildman–Crippen LogP) is 4.63. The van der Waals surface area contributed by atoms with Gasteiger partial charge in [0.05, 0.1) is 15.1 Å². The number of hydrogen-bond acceptors (Lipinski definition) is 5. The summed E-state index contributed by atoms with van der Waals surface area (Å²) in [6.45, 7) is 0. The zero-order chi connectivity index (χ0) is 19.1. The van der Waals surface area contributed by atoms with E-state index in [9.17, 15) is 14.7 Å². The van der Waals surface area contributed by atoms with Gasteiger partial charge in [-0.15, -0.1) is 0 Å². The Morgan fingerprint density at radius 2 is 1.89 bits per heavy atom. The molecule has 8 heteroatoms. The summed E-state index contributed by atoms with van der Waals surface area (Å²) in [5.74, 6) is -0.378. The smallest absolute Gasteiger partial charge is 0.256 e. The summed E-state index contributed by atoms with van der Waals surface area (Å²) in [6.07, 6.45) is 3.09. The molecule has 1 aliphatic rings. The number of aromatic hydroxyl groups is 1. The van der Waals surface area contributed by atoms with E-state index in [1.807, 2.05) is 0 Å². The minimum Gasteiger partial charge on any atom is -0.506 e. The van der Waals surface area contributed by atoms with E-state index in [0.29, 0.717) is 36.9 Å². The molecule has 6 nitrogen and oxygen atoms in total. The maximum Gasteiger partial charge on any atom is 0.256 e. The summed E-state index contributed by atoms with van der Waals surface area (Å²) in [6, 6.07) is 9.83. The third-order valence-corrected chi connectivity index (χ3v) is 5.29. The Morgan fingerprint density at radius 3 is 2.56 bits per heavy atom. The molecule has 4 rings (SSSR count). The van der Waals surface area contributed by atoms with Crippen LogP contribution < -0.4 is 5.32 Å². The Bertz CT molecular complexity index is 1100. The number of nitrogens with one attached hydrogen (secondary N) is 1. The number of rotatable bonds is 3. The summed E-state index contributed by atoms with van der Waals surface area (Å²) < 4.78 is 5.91. The van der Waals surface area contributed by atoms with Gasteiger partial charge in [-0.1, -0.05) is 5.16 Å². The van der Waals surface area contributed by atoms with Gasteiger partial charge in [-0.05, 0) is 73.8 Å². The molecule has 27 heavy (non-hydrogen) atoms. The lowest BCUT2D eigenvalue weighted by Crippen LogP contribution is -2.03. The van der Waals surface area contributed by atoms with Crippen LogP contribution in [0.2, 0.25) is 0 Å². The van der Waals surface area contributed by atoms with Gasteiger partial charge in [-0.2, -0.15) is 0 Å². The standard InChI is InChI=1S/C19H10Br2N2O4/c20-13-6-9(7-14(21)18(13)25)5-12-11-8-10(1-2-15(11)23-19(12)26)17(24)16-3-4-22-27-16/h1-8,25H,(H,23,26)/b12-5-. The number of amides is 1. The van der Waals surface area contributed by atoms with Crippen molar-refractivity contribution in [3.63, 3.8) is 0 Å². The van der Waals surface area contributed by atoms with Crippen molar-refractivity contribution < 1.29 is 19.2 Å². The van der Waals surface area contributed by atoms with E-state index in [1.54, 1.807) is 36.4 Å².